The maximum absolute atomic E-state index is 13.5. The molecule has 0 unspecified atom stereocenters. The summed E-state index contributed by atoms with van der Waals surface area (Å²) in [6.07, 6.45) is -1.93. The van der Waals surface area contributed by atoms with Crippen molar-refractivity contribution in [1.82, 2.24) is 14.5 Å². The van der Waals surface area contributed by atoms with E-state index in [-0.39, 0.29) is 5.56 Å². The number of alkyl halides is 3. The van der Waals surface area contributed by atoms with Gasteiger partial charge in [0, 0.05) is 23.7 Å². The summed E-state index contributed by atoms with van der Waals surface area (Å²) in [6.45, 7) is 2.58. The van der Waals surface area contributed by atoms with E-state index in [9.17, 15) is 18.0 Å². The van der Waals surface area contributed by atoms with Crippen molar-refractivity contribution in [2.24, 2.45) is 0 Å². The predicted molar refractivity (Wildman–Crippen MR) is 116 cm³/mol. The second-order valence-electron chi connectivity index (χ2n) is 8.45. The summed E-state index contributed by atoms with van der Waals surface area (Å²) in [5, 5.41) is 0. The minimum atomic E-state index is -4.44. The maximum atomic E-state index is 13.5. The second-order valence-corrected chi connectivity index (χ2v) is 8.45. The molecule has 0 bridgehead atoms. The molecule has 2 aromatic carbocycles. The van der Waals surface area contributed by atoms with Crippen LogP contribution in [-0.4, -0.2) is 27.2 Å². The number of aromatic nitrogens is 2. The number of fused-ring (bicyclic) bond motifs is 1. The van der Waals surface area contributed by atoms with Crippen molar-refractivity contribution in [3.63, 3.8) is 0 Å². The van der Waals surface area contributed by atoms with Gasteiger partial charge in [0.1, 0.15) is 0 Å². The van der Waals surface area contributed by atoms with Crippen LogP contribution in [0.5, 0.6) is 0 Å². The summed E-state index contributed by atoms with van der Waals surface area (Å²) in [7, 11) is 0. The Morgan fingerprint density at radius 3 is 2.47 bits per heavy atom. The van der Waals surface area contributed by atoms with Crippen LogP contribution in [0, 0.1) is 6.92 Å². The average Bonchev–Trinajstić information content (AvgIpc) is 3.62. The molecule has 1 aromatic heterocycles. The molecule has 1 saturated carbocycles. The molecule has 0 spiro atoms. The Morgan fingerprint density at radius 1 is 1.03 bits per heavy atom. The van der Waals surface area contributed by atoms with Crippen LogP contribution in [0.2, 0.25) is 0 Å². The third kappa shape index (κ3) is 3.90. The van der Waals surface area contributed by atoms with E-state index in [0.29, 0.717) is 48.7 Å². The molecular formula is C24H23F3N4O. The summed E-state index contributed by atoms with van der Waals surface area (Å²) in [5.74, 6) is 0.389. The number of halogens is 3. The first-order valence-corrected chi connectivity index (χ1v) is 10.6. The maximum Gasteiger partial charge on any atom is 0.416 e. The predicted octanol–water partition coefficient (Wildman–Crippen LogP) is 4.69. The van der Waals surface area contributed by atoms with Crippen LogP contribution in [-0.2, 0) is 19.3 Å². The number of hydrogen-bond donors (Lipinski definition) is 0. The molecule has 0 radical (unpaired) electrons. The molecule has 1 aliphatic carbocycles. The summed E-state index contributed by atoms with van der Waals surface area (Å²) in [6, 6.07) is 15.3. The molecule has 166 valence electrons. The van der Waals surface area contributed by atoms with E-state index in [1.54, 1.807) is 22.5 Å². The van der Waals surface area contributed by atoms with Gasteiger partial charge in [-0.25, -0.2) is 4.98 Å². The lowest BCUT2D eigenvalue weighted by molar-refractivity contribution is -0.137. The first-order valence-electron chi connectivity index (χ1n) is 10.6. The van der Waals surface area contributed by atoms with Crippen LogP contribution in [0.1, 0.15) is 35.2 Å². The van der Waals surface area contributed by atoms with Gasteiger partial charge in [0.05, 0.1) is 24.6 Å². The lowest BCUT2D eigenvalue weighted by Gasteiger charge is -2.38. The normalized spacial score (nSPS) is 16.8. The largest absolute Gasteiger partial charge is 0.416 e. The number of nitrogens with zero attached hydrogens (tertiary/aromatic N) is 4. The van der Waals surface area contributed by atoms with Crippen molar-refractivity contribution in [2.75, 3.05) is 11.6 Å². The Hall–Kier alpha value is -3.13. The van der Waals surface area contributed by atoms with Crippen LogP contribution in [0.4, 0.5) is 24.8 Å². The number of benzene rings is 2. The molecule has 2 heterocycles. The topological polar surface area (TPSA) is 41.4 Å². The van der Waals surface area contributed by atoms with E-state index < -0.39 is 11.7 Å². The van der Waals surface area contributed by atoms with Gasteiger partial charge in [-0.2, -0.15) is 13.2 Å². The molecule has 1 fully saturated rings. The number of rotatable bonds is 4. The SMILES string of the molecule is Cc1nc2n(c(=O)c1Cc1ccccc1)CN(C1CC1)CN2c1cccc(C(F)(F)F)c1. The van der Waals surface area contributed by atoms with Gasteiger partial charge < -0.3 is 0 Å². The number of anilines is 2. The highest BCUT2D eigenvalue weighted by Crippen LogP contribution is 2.37. The van der Waals surface area contributed by atoms with Gasteiger partial charge in [0.2, 0.25) is 5.95 Å². The minimum absolute atomic E-state index is 0.140. The van der Waals surface area contributed by atoms with E-state index in [1.165, 1.54) is 6.07 Å². The lowest BCUT2D eigenvalue weighted by Crippen LogP contribution is -2.48. The third-order valence-corrected chi connectivity index (χ3v) is 6.11. The molecule has 0 amide bonds. The molecular weight excluding hydrogens is 417 g/mol. The summed E-state index contributed by atoms with van der Waals surface area (Å²) < 4.78 is 41.6. The molecule has 5 rings (SSSR count). The molecule has 0 saturated heterocycles. The zero-order valence-corrected chi connectivity index (χ0v) is 17.6. The van der Waals surface area contributed by atoms with E-state index in [0.717, 1.165) is 30.5 Å². The van der Waals surface area contributed by atoms with Crippen LogP contribution >= 0.6 is 0 Å². The quantitative estimate of drug-likeness (QED) is 0.590. The zero-order chi connectivity index (χ0) is 22.5. The highest BCUT2D eigenvalue weighted by Gasteiger charge is 2.37. The van der Waals surface area contributed by atoms with Gasteiger partial charge in [-0.1, -0.05) is 36.4 Å². The van der Waals surface area contributed by atoms with Gasteiger partial charge in [0.25, 0.3) is 5.56 Å². The Balaban J connectivity index is 1.60. The first kappa shape index (κ1) is 20.8. The molecule has 8 heteroatoms. The fourth-order valence-corrected chi connectivity index (χ4v) is 4.21. The van der Waals surface area contributed by atoms with Crippen LogP contribution in [0.3, 0.4) is 0 Å². The van der Waals surface area contributed by atoms with Crippen LogP contribution in [0.15, 0.2) is 59.4 Å². The number of aryl methyl sites for hydroxylation is 1. The van der Waals surface area contributed by atoms with Gasteiger partial charge in [-0.15, -0.1) is 0 Å². The van der Waals surface area contributed by atoms with Crippen molar-refractivity contribution >= 4 is 11.6 Å². The molecule has 0 N–H and O–H groups in total. The standard InChI is InChI=1S/C24H23F3N4O/c1-16-21(12-17-6-3-2-4-7-17)22(32)31-15-29(19-10-11-19)14-30(23(31)28-16)20-9-5-8-18(13-20)24(25,26)27/h2-9,13,19H,10-12,14-15H2,1H3. The Bertz CT molecular complexity index is 1200. The lowest BCUT2D eigenvalue weighted by atomic mass is 10.1. The summed E-state index contributed by atoms with van der Waals surface area (Å²) >= 11 is 0. The summed E-state index contributed by atoms with van der Waals surface area (Å²) in [5.41, 5.74) is 1.74. The van der Waals surface area contributed by atoms with Crippen molar-refractivity contribution in [2.45, 2.75) is 45.1 Å². The highest BCUT2D eigenvalue weighted by atomic mass is 19.4. The van der Waals surface area contributed by atoms with Crippen LogP contribution in [0.25, 0.3) is 0 Å². The minimum Gasteiger partial charge on any atom is -0.298 e. The van der Waals surface area contributed by atoms with Gasteiger partial charge in [-0.3, -0.25) is 19.2 Å². The Morgan fingerprint density at radius 2 is 1.78 bits per heavy atom. The van der Waals surface area contributed by atoms with E-state index in [4.69, 9.17) is 4.98 Å². The van der Waals surface area contributed by atoms with Gasteiger partial charge in [0.15, 0.2) is 0 Å². The molecule has 2 aliphatic rings. The highest BCUT2D eigenvalue weighted by molar-refractivity contribution is 5.60. The Labute approximate surface area is 183 Å². The monoisotopic (exact) mass is 440 g/mol. The molecule has 0 atom stereocenters. The Kier molecular flexibility index (Phi) is 5.04. The zero-order valence-electron chi connectivity index (χ0n) is 17.6. The van der Waals surface area contributed by atoms with E-state index in [1.807, 2.05) is 30.3 Å². The van der Waals surface area contributed by atoms with Crippen molar-refractivity contribution in [3.05, 3.63) is 87.3 Å². The van der Waals surface area contributed by atoms with Crippen molar-refractivity contribution < 1.29 is 13.2 Å². The van der Waals surface area contributed by atoms with Gasteiger partial charge >= 0.3 is 6.18 Å². The van der Waals surface area contributed by atoms with Gasteiger partial charge in [-0.05, 0) is 43.5 Å². The first-order chi connectivity index (χ1) is 15.3. The fourth-order valence-electron chi connectivity index (χ4n) is 4.21. The van der Waals surface area contributed by atoms with E-state index >= 15 is 0 Å². The van der Waals surface area contributed by atoms with E-state index in [2.05, 4.69) is 4.90 Å². The molecule has 5 nitrogen and oxygen atoms in total. The summed E-state index contributed by atoms with van der Waals surface area (Å²) in [4.78, 5) is 22.1. The molecule has 1 aliphatic heterocycles. The van der Waals surface area contributed by atoms with Crippen molar-refractivity contribution in [1.29, 1.82) is 0 Å². The molecule has 32 heavy (non-hydrogen) atoms. The third-order valence-electron chi connectivity index (χ3n) is 6.11. The smallest absolute Gasteiger partial charge is 0.298 e. The second kappa shape index (κ2) is 7.78. The van der Waals surface area contributed by atoms with Crippen molar-refractivity contribution in [3.8, 4) is 0 Å². The number of hydrogen-bond acceptors (Lipinski definition) is 4. The van der Waals surface area contributed by atoms with Crippen LogP contribution < -0.4 is 10.5 Å². The molecule has 3 aromatic rings. The fraction of sp³-hybridized carbons (Fsp3) is 0.333. The average molecular weight is 440 g/mol.